The van der Waals surface area contributed by atoms with Crippen molar-refractivity contribution >= 4 is 22.6 Å². The number of esters is 1. The maximum absolute atomic E-state index is 12.1. The molecule has 0 saturated carbocycles. The molecule has 0 aliphatic heterocycles. The number of nitrogen functional groups attached to an aromatic ring is 1. The molecule has 1 aromatic carbocycles. The lowest BCUT2D eigenvalue weighted by Gasteiger charge is -2.15. The number of nitrogens with two attached hydrogens (primary N) is 2. The highest BCUT2D eigenvalue weighted by atomic mass is 16.5. The van der Waals surface area contributed by atoms with Gasteiger partial charge in [0.1, 0.15) is 17.9 Å². The van der Waals surface area contributed by atoms with E-state index in [0.717, 1.165) is 0 Å². The Morgan fingerprint density at radius 3 is 2.77 bits per heavy atom. The first-order valence-electron chi connectivity index (χ1n) is 7.20. The highest BCUT2D eigenvalue weighted by Gasteiger charge is 2.20. The quantitative estimate of drug-likeness (QED) is 0.820. The number of ether oxygens (including phenoxy) is 2. The van der Waals surface area contributed by atoms with Crippen LogP contribution >= 0.6 is 0 Å². The van der Waals surface area contributed by atoms with E-state index >= 15 is 0 Å². The summed E-state index contributed by atoms with van der Waals surface area (Å²) in [6, 6.07) is 5.33. The molecular weight excluding hydrogens is 282 g/mol. The zero-order valence-electron chi connectivity index (χ0n) is 13.1. The Labute approximate surface area is 129 Å². The van der Waals surface area contributed by atoms with E-state index < -0.39 is 5.97 Å². The molecule has 0 aliphatic carbocycles. The Bertz CT molecular complexity index is 699. The van der Waals surface area contributed by atoms with Gasteiger partial charge in [-0.25, -0.2) is 4.79 Å². The first-order chi connectivity index (χ1) is 10.5. The number of hydrogen-bond acceptors (Lipinski definition) is 6. The summed E-state index contributed by atoms with van der Waals surface area (Å²) in [7, 11) is 0. The number of aromatic nitrogens is 1. The van der Waals surface area contributed by atoms with Gasteiger partial charge in [0.15, 0.2) is 0 Å². The van der Waals surface area contributed by atoms with Crippen molar-refractivity contribution in [2.24, 2.45) is 5.73 Å². The van der Waals surface area contributed by atoms with Crippen molar-refractivity contribution in [3.05, 3.63) is 29.5 Å². The van der Waals surface area contributed by atoms with Crippen LogP contribution in [0.1, 0.15) is 29.9 Å². The van der Waals surface area contributed by atoms with E-state index in [-0.39, 0.29) is 18.2 Å². The smallest absolute Gasteiger partial charge is 0.342 e. The van der Waals surface area contributed by atoms with Crippen molar-refractivity contribution in [2.45, 2.75) is 26.8 Å². The van der Waals surface area contributed by atoms with Crippen molar-refractivity contribution in [1.29, 1.82) is 0 Å². The van der Waals surface area contributed by atoms with E-state index in [4.69, 9.17) is 20.9 Å². The molecule has 0 amide bonds. The van der Waals surface area contributed by atoms with Crippen LogP contribution in [0.5, 0.6) is 5.75 Å². The Hall–Kier alpha value is -2.34. The second-order valence-electron chi connectivity index (χ2n) is 5.14. The van der Waals surface area contributed by atoms with Gasteiger partial charge < -0.3 is 20.9 Å². The maximum atomic E-state index is 12.1. The molecule has 1 aromatic heterocycles. The summed E-state index contributed by atoms with van der Waals surface area (Å²) in [6.07, 6.45) is 0. The number of carbonyl (C=O) groups excluding carboxylic acids is 1. The zero-order chi connectivity index (χ0) is 16.3. The molecule has 0 radical (unpaired) electrons. The summed E-state index contributed by atoms with van der Waals surface area (Å²) >= 11 is 0. The lowest BCUT2D eigenvalue weighted by Crippen LogP contribution is -2.23. The van der Waals surface area contributed by atoms with E-state index in [2.05, 4.69) is 4.98 Å². The molecule has 1 heterocycles. The summed E-state index contributed by atoms with van der Waals surface area (Å²) in [5.41, 5.74) is 13.7. The van der Waals surface area contributed by atoms with Crippen LogP contribution in [0.3, 0.4) is 0 Å². The van der Waals surface area contributed by atoms with E-state index in [1.54, 1.807) is 19.9 Å². The van der Waals surface area contributed by atoms with Gasteiger partial charge in [-0.1, -0.05) is 6.07 Å². The molecule has 0 fully saturated rings. The summed E-state index contributed by atoms with van der Waals surface area (Å²) in [5.74, 6) is 0.0826. The predicted molar refractivity (Wildman–Crippen MR) is 86.0 cm³/mol. The number of anilines is 1. The molecule has 2 rings (SSSR count). The Balaban J connectivity index is 2.60. The minimum absolute atomic E-state index is 0.112. The lowest BCUT2D eigenvalue weighted by atomic mass is 10.1. The molecule has 4 N–H and O–H groups in total. The number of aryl methyl sites for hydroxylation is 1. The average Bonchev–Trinajstić information content (AvgIpc) is 2.44. The van der Waals surface area contributed by atoms with Crippen LogP contribution in [-0.2, 0) is 4.74 Å². The minimum atomic E-state index is -0.478. The van der Waals surface area contributed by atoms with Crippen LogP contribution in [0.4, 0.5) is 5.69 Å². The van der Waals surface area contributed by atoms with Gasteiger partial charge in [0.2, 0.25) is 0 Å². The van der Waals surface area contributed by atoms with Crippen LogP contribution in [0.15, 0.2) is 18.2 Å². The van der Waals surface area contributed by atoms with Crippen molar-refractivity contribution in [3.63, 3.8) is 0 Å². The molecule has 0 bridgehead atoms. The molecular formula is C16H21N3O3. The van der Waals surface area contributed by atoms with Gasteiger partial charge in [0.05, 0.1) is 28.9 Å². The van der Waals surface area contributed by atoms with Crippen LogP contribution in [0.25, 0.3) is 10.9 Å². The number of hydrogen-bond donors (Lipinski definition) is 2. The number of nitrogens with zero attached hydrogens (tertiary/aromatic N) is 1. The van der Waals surface area contributed by atoms with Crippen molar-refractivity contribution in [3.8, 4) is 5.75 Å². The normalized spacial score (nSPS) is 12.2. The fourth-order valence-corrected chi connectivity index (χ4v) is 2.24. The standard InChI is InChI=1S/C16H21N3O3/c1-4-21-16(20)13-10(3)19-11-6-5-7-12(14(11)15(13)18)22-8-9(2)17/h5-7,9H,4,8,17H2,1-3H3,(H2,18,19)/t9-/m0/s1. The Morgan fingerprint density at radius 2 is 2.14 bits per heavy atom. The number of rotatable bonds is 5. The fourth-order valence-electron chi connectivity index (χ4n) is 2.24. The Morgan fingerprint density at radius 1 is 1.41 bits per heavy atom. The SMILES string of the molecule is CCOC(=O)c1c(C)nc2cccc(OC[C@H](C)N)c2c1N. The second-order valence-corrected chi connectivity index (χ2v) is 5.14. The van der Waals surface area contributed by atoms with Crippen molar-refractivity contribution in [1.82, 2.24) is 4.98 Å². The van der Waals surface area contributed by atoms with Crippen LogP contribution in [0.2, 0.25) is 0 Å². The summed E-state index contributed by atoms with van der Waals surface area (Å²) in [5, 5.41) is 0.608. The van der Waals surface area contributed by atoms with Crippen LogP contribution in [-0.4, -0.2) is 30.2 Å². The van der Waals surface area contributed by atoms with E-state index in [1.807, 2.05) is 19.1 Å². The van der Waals surface area contributed by atoms with E-state index in [9.17, 15) is 4.79 Å². The van der Waals surface area contributed by atoms with Crippen LogP contribution < -0.4 is 16.2 Å². The molecule has 0 saturated heterocycles. The number of benzene rings is 1. The largest absolute Gasteiger partial charge is 0.491 e. The summed E-state index contributed by atoms with van der Waals surface area (Å²) in [6.45, 7) is 5.95. The number of pyridine rings is 1. The first-order valence-corrected chi connectivity index (χ1v) is 7.20. The third-order valence-electron chi connectivity index (χ3n) is 3.17. The number of carbonyl (C=O) groups is 1. The summed E-state index contributed by atoms with van der Waals surface area (Å²) < 4.78 is 10.8. The highest BCUT2D eigenvalue weighted by Crippen LogP contribution is 2.33. The van der Waals surface area contributed by atoms with Gasteiger partial charge >= 0.3 is 5.97 Å². The van der Waals surface area contributed by atoms with Crippen LogP contribution in [0, 0.1) is 6.92 Å². The highest BCUT2D eigenvalue weighted by molar-refractivity contribution is 6.07. The molecule has 0 aliphatic rings. The predicted octanol–water partition coefficient (Wildman–Crippen LogP) is 2.03. The third kappa shape index (κ3) is 3.12. The topological polar surface area (TPSA) is 100 Å². The van der Waals surface area contributed by atoms with Gasteiger partial charge in [-0.05, 0) is 32.9 Å². The van der Waals surface area contributed by atoms with E-state index in [0.29, 0.717) is 34.6 Å². The van der Waals surface area contributed by atoms with E-state index in [1.165, 1.54) is 0 Å². The van der Waals surface area contributed by atoms with Crippen molar-refractivity contribution in [2.75, 3.05) is 18.9 Å². The van der Waals surface area contributed by atoms with Gasteiger partial charge in [0.25, 0.3) is 0 Å². The molecule has 0 unspecified atom stereocenters. The fraction of sp³-hybridized carbons (Fsp3) is 0.375. The zero-order valence-corrected chi connectivity index (χ0v) is 13.1. The van der Waals surface area contributed by atoms with Gasteiger partial charge in [-0.2, -0.15) is 0 Å². The monoisotopic (exact) mass is 303 g/mol. The summed E-state index contributed by atoms with van der Waals surface area (Å²) in [4.78, 5) is 16.5. The molecule has 6 nitrogen and oxygen atoms in total. The first kappa shape index (κ1) is 16.0. The van der Waals surface area contributed by atoms with Gasteiger partial charge in [-0.3, -0.25) is 4.98 Å². The Kier molecular flexibility index (Phi) is 4.82. The van der Waals surface area contributed by atoms with Gasteiger partial charge in [0, 0.05) is 6.04 Å². The third-order valence-corrected chi connectivity index (χ3v) is 3.17. The number of fused-ring (bicyclic) bond motifs is 1. The molecule has 1 atom stereocenters. The second kappa shape index (κ2) is 6.62. The van der Waals surface area contributed by atoms with Gasteiger partial charge in [-0.15, -0.1) is 0 Å². The lowest BCUT2D eigenvalue weighted by molar-refractivity contribution is 0.0526. The molecule has 2 aromatic rings. The maximum Gasteiger partial charge on any atom is 0.342 e. The van der Waals surface area contributed by atoms with Crippen molar-refractivity contribution < 1.29 is 14.3 Å². The molecule has 6 heteroatoms. The minimum Gasteiger partial charge on any atom is -0.491 e. The molecule has 0 spiro atoms. The average molecular weight is 303 g/mol. The molecule has 22 heavy (non-hydrogen) atoms. The molecule has 118 valence electrons.